The van der Waals surface area contributed by atoms with E-state index in [0.29, 0.717) is 12.4 Å². The Morgan fingerprint density at radius 3 is 2.94 bits per heavy atom. The van der Waals surface area contributed by atoms with Crippen LogP contribution in [0.15, 0.2) is 23.1 Å². The van der Waals surface area contributed by atoms with E-state index in [0.717, 1.165) is 29.0 Å². The minimum Gasteiger partial charge on any atom is -0.465 e. The minimum atomic E-state index is -0.162. The Hall–Kier alpha value is -1.16. The first kappa shape index (κ1) is 13.9. The third-order valence-corrected chi connectivity index (χ3v) is 3.57. The SMILES string of the molecule is CCCCOC(=O)CSc1cccc(N)c1C. The fourth-order valence-corrected chi connectivity index (χ4v) is 2.16. The molecule has 0 atom stereocenters. The lowest BCUT2D eigenvalue weighted by Gasteiger charge is -2.07. The summed E-state index contributed by atoms with van der Waals surface area (Å²) in [6, 6.07) is 5.72. The van der Waals surface area contributed by atoms with Crippen molar-refractivity contribution in [3.8, 4) is 0 Å². The molecule has 0 bridgehead atoms. The van der Waals surface area contributed by atoms with Crippen LogP contribution in [-0.4, -0.2) is 18.3 Å². The van der Waals surface area contributed by atoms with Gasteiger partial charge in [-0.1, -0.05) is 19.4 Å². The molecule has 0 saturated heterocycles. The summed E-state index contributed by atoms with van der Waals surface area (Å²) in [5, 5.41) is 0. The lowest BCUT2D eigenvalue weighted by atomic mass is 10.2. The molecule has 0 fully saturated rings. The molecule has 0 heterocycles. The highest BCUT2D eigenvalue weighted by molar-refractivity contribution is 8.00. The highest BCUT2D eigenvalue weighted by atomic mass is 32.2. The van der Waals surface area contributed by atoms with E-state index in [-0.39, 0.29) is 5.97 Å². The molecule has 4 heteroatoms. The number of anilines is 1. The van der Waals surface area contributed by atoms with Crippen molar-refractivity contribution < 1.29 is 9.53 Å². The quantitative estimate of drug-likeness (QED) is 0.366. The molecule has 0 radical (unpaired) electrons. The number of carbonyl (C=O) groups excluding carboxylic acids is 1. The number of thioether (sulfide) groups is 1. The van der Waals surface area contributed by atoms with Crippen LogP contribution in [0, 0.1) is 6.92 Å². The molecule has 0 aromatic heterocycles. The topological polar surface area (TPSA) is 52.3 Å². The van der Waals surface area contributed by atoms with Gasteiger partial charge in [-0.25, -0.2) is 0 Å². The molecule has 94 valence electrons. The molecule has 0 aliphatic heterocycles. The van der Waals surface area contributed by atoms with E-state index in [1.54, 1.807) is 0 Å². The van der Waals surface area contributed by atoms with Crippen LogP contribution in [0.2, 0.25) is 0 Å². The van der Waals surface area contributed by atoms with Gasteiger partial charge in [-0.05, 0) is 31.0 Å². The van der Waals surface area contributed by atoms with Crippen LogP contribution >= 0.6 is 11.8 Å². The fourth-order valence-electron chi connectivity index (χ4n) is 1.30. The lowest BCUT2D eigenvalue weighted by Crippen LogP contribution is -2.08. The maximum absolute atomic E-state index is 11.4. The molecule has 0 amide bonds. The highest BCUT2D eigenvalue weighted by Crippen LogP contribution is 2.25. The van der Waals surface area contributed by atoms with Crippen molar-refractivity contribution in [2.45, 2.75) is 31.6 Å². The summed E-state index contributed by atoms with van der Waals surface area (Å²) < 4.78 is 5.08. The molecule has 1 aromatic carbocycles. The number of hydrogen-bond donors (Lipinski definition) is 1. The molecular weight excluding hydrogens is 234 g/mol. The van der Waals surface area contributed by atoms with E-state index in [2.05, 4.69) is 6.92 Å². The molecule has 0 saturated carbocycles. The smallest absolute Gasteiger partial charge is 0.316 e. The van der Waals surface area contributed by atoms with Crippen molar-refractivity contribution >= 4 is 23.4 Å². The van der Waals surface area contributed by atoms with Crippen molar-refractivity contribution in [3.63, 3.8) is 0 Å². The first-order valence-electron chi connectivity index (χ1n) is 5.78. The molecule has 1 rings (SSSR count). The molecule has 17 heavy (non-hydrogen) atoms. The van der Waals surface area contributed by atoms with Gasteiger partial charge in [0.2, 0.25) is 0 Å². The Kier molecular flexibility index (Phi) is 5.91. The maximum atomic E-state index is 11.4. The van der Waals surface area contributed by atoms with Gasteiger partial charge in [-0.2, -0.15) is 0 Å². The molecule has 1 aromatic rings. The van der Waals surface area contributed by atoms with Crippen LogP contribution in [0.4, 0.5) is 5.69 Å². The summed E-state index contributed by atoms with van der Waals surface area (Å²) in [5.74, 6) is 0.179. The van der Waals surface area contributed by atoms with Crippen LogP contribution in [0.5, 0.6) is 0 Å². The number of ether oxygens (including phenoxy) is 1. The van der Waals surface area contributed by atoms with Gasteiger partial charge in [-0.15, -0.1) is 11.8 Å². The van der Waals surface area contributed by atoms with E-state index in [9.17, 15) is 4.79 Å². The van der Waals surface area contributed by atoms with Crippen LogP contribution in [0.3, 0.4) is 0 Å². The van der Waals surface area contributed by atoms with Gasteiger partial charge >= 0.3 is 5.97 Å². The Morgan fingerprint density at radius 1 is 1.47 bits per heavy atom. The zero-order valence-corrected chi connectivity index (χ0v) is 11.2. The molecule has 0 spiro atoms. The normalized spacial score (nSPS) is 10.2. The Bertz CT molecular complexity index is 380. The molecule has 2 N–H and O–H groups in total. The second-order valence-electron chi connectivity index (χ2n) is 3.83. The first-order valence-corrected chi connectivity index (χ1v) is 6.77. The van der Waals surface area contributed by atoms with Gasteiger partial charge < -0.3 is 10.5 Å². The first-order chi connectivity index (χ1) is 8.15. The minimum absolute atomic E-state index is 0.162. The van der Waals surface area contributed by atoms with E-state index in [1.165, 1.54) is 11.8 Å². The number of esters is 1. The second kappa shape index (κ2) is 7.22. The van der Waals surface area contributed by atoms with E-state index < -0.39 is 0 Å². The van der Waals surface area contributed by atoms with Gasteiger partial charge in [-0.3, -0.25) is 4.79 Å². The summed E-state index contributed by atoms with van der Waals surface area (Å²) in [5.41, 5.74) is 7.58. The number of rotatable bonds is 6. The van der Waals surface area contributed by atoms with Crippen LogP contribution in [0.25, 0.3) is 0 Å². The van der Waals surface area contributed by atoms with E-state index >= 15 is 0 Å². The van der Waals surface area contributed by atoms with Crippen molar-refractivity contribution in [2.75, 3.05) is 18.1 Å². The number of hydrogen-bond acceptors (Lipinski definition) is 4. The predicted molar refractivity (Wildman–Crippen MR) is 72.2 cm³/mol. The van der Waals surface area contributed by atoms with Crippen molar-refractivity contribution in [1.82, 2.24) is 0 Å². The molecule has 0 aliphatic rings. The number of unbranched alkanes of at least 4 members (excludes halogenated alkanes) is 1. The monoisotopic (exact) mass is 253 g/mol. The third kappa shape index (κ3) is 4.69. The van der Waals surface area contributed by atoms with Gasteiger partial charge in [0.05, 0.1) is 12.4 Å². The average Bonchev–Trinajstić information content (AvgIpc) is 2.31. The second-order valence-corrected chi connectivity index (χ2v) is 4.85. The van der Waals surface area contributed by atoms with Gasteiger partial charge in [0.1, 0.15) is 0 Å². The number of carbonyl (C=O) groups is 1. The standard InChI is InChI=1S/C13H19NO2S/c1-3-4-8-16-13(15)9-17-12-7-5-6-11(14)10(12)2/h5-7H,3-4,8-9,14H2,1-2H3. The Labute approximate surface area is 107 Å². The predicted octanol–water partition coefficient (Wildman–Crippen LogP) is 3.01. The van der Waals surface area contributed by atoms with Gasteiger partial charge in [0, 0.05) is 10.6 Å². The summed E-state index contributed by atoms with van der Waals surface area (Å²) in [4.78, 5) is 12.5. The zero-order valence-electron chi connectivity index (χ0n) is 10.4. The molecule has 0 unspecified atom stereocenters. The van der Waals surface area contributed by atoms with Crippen LogP contribution < -0.4 is 5.73 Å². The van der Waals surface area contributed by atoms with Gasteiger partial charge in [0.25, 0.3) is 0 Å². The third-order valence-electron chi connectivity index (χ3n) is 2.43. The fraction of sp³-hybridized carbons (Fsp3) is 0.462. The zero-order chi connectivity index (χ0) is 12.7. The van der Waals surface area contributed by atoms with Crippen LogP contribution in [0.1, 0.15) is 25.3 Å². The van der Waals surface area contributed by atoms with Crippen LogP contribution in [-0.2, 0) is 9.53 Å². The van der Waals surface area contributed by atoms with Crippen molar-refractivity contribution in [1.29, 1.82) is 0 Å². The maximum Gasteiger partial charge on any atom is 0.316 e. The van der Waals surface area contributed by atoms with Crippen molar-refractivity contribution in [2.24, 2.45) is 0 Å². The summed E-state index contributed by atoms with van der Waals surface area (Å²) in [6.07, 6.45) is 1.96. The summed E-state index contributed by atoms with van der Waals surface area (Å²) >= 11 is 1.47. The molecule has 0 aliphatic carbocycles. The largest absolute Gasteiger partial charge is 0.465 e. The van der Waals surface area contributed by atoms with E-state index in [4.69, 9.17) is 10.5 Å². The Balaban J connectivity index is 2.39. The average molecular weight is 253 g/mol. The van der Waals surface area contributed by atoms with Gasteiger partial charge in [0.15, 0.2) is 0 Å². The lowest BCUT2D eigenvalue weighted by molar-refractivity contribution is -0.140. The summed E-state index contributed by atoms with van der Waals surface area (Å²) in [6.45, 7) is 4.55. The Morgan fingerprint density at radius 2 is 2.24 bits per heavy atom. The number of nitrogens with two attached hydrogens (primary N) is 1. The molecular formula is C13H19NO2S. The number of benzene rings is 1. The van der Waals surface area contributed by atoms with E-state index in [1.807, 2.05) is 25.1 Å². The number of nitrogen functional groups attached to an aromatic ring is 1. The van der Waals surface area contributed by atoms with Crippen molar-refractivity contribution in [3.05, 3.63) is 23.8 Å². The highest BCUT2D eigenvalue weighted by Gasteiger charge is 2.06. The summed E-state index contributed by atoms with van der Waals surface area (Å²) in [7, 11) is 0. The molecule has 3 nitrogen and oxygen atoms in total.